The minimum Gasteiger partial charge on any atom is -0.487 e. The Hall–Kier alpha value is -1.09. The molecule has 2 N–H and O–H groups in total. The van der Waals surface area contributed by atoms with Crippen molar-refractivity contribution in [3.63, 3.8) is 0 Å². The molecule has 0 saturated heterocycles. The molecule has 1 aliphatic rings. The maximum atomic E-state index is 14.0. The smallest absolute Gasteiger partial charge is 0.165 e. The SMILES string of the molecule is CCC1CCCC(Oc2c(F)cccc2[C@@H](C)N)C1. The van der Waals surface area contributed by atoms with Gasteiger partial charge in [-0.1, -0.05) is 31.9 Å². The minimum atomic E-state index is -0.298. The first-order valence-corrected chi connectivity index (χ1v) is 7.32. The van der Waals surface area contributed by atoms with E-state index in [0.717, 1.165) is 18.4 Å². The number of halogens is 1. The van der Waals surface area contributed by atoms with Crippen molar-refractivity contribution in [2.75, 3.05) is 0 Å². The Morgan fingerprint density at radius 2 is 2.21 bits per heavy atom. The monoisotopic (exact) mass is 265 g/mol. The Morgan fingerprint density at radius 1 is 1.42 bits per heavy atom. The summed E-state index contributed by atoms with van der Waals surface area (Å²) >= 11 is 0. The molecular formula is C16H24FNO. The predicted octanol–water partition coefficient (Wildman–Crippen LogP) is 4.19. The predicted molar refractivity (Wildman–Crippen MR) is 75.7 cm³/mol. The van der Waals surface area contributed by atoms with Crippen molar-refractivity contribution < 1.29 is 9.13 Å². The van der Waals surface area contributed by atoms with E-state index in [1.807, 2.05) is 13.0 Å². The fourth-order valence-electron chi connectivity index (χ4n) is 2.89. The van der Waals surface area contributed by atoms with Gasteiger partial charge in [-0.25, -0.2) is 4.39 Å². The Labute approximate surface area is 115 Å². The zero-order valence-corrected chi connectivity index (χ0v) is 11.9. The first kappa shape index (κ1) is 14.3. The molecule has 1 saturated carbocycles. The number of para-hydroxylation sites is 1. The molecule has 2 unspecified atom stereocenters. The largest absolute Gasteiger partial charge is 0.487 e. The molecule has 1 fully saturated rings. The van der Waals surface area contributed by atoms with Crippen molar-refractivity contribution in [3.8, 4) is 5.75 Å². The first-order valence-electron chi connectivity index (χ1n) is 7.32. The summed E-state index contributed by atoms with van der Waals surface area (Å²) in [6.45, 7) is 4.07. The van der Waals surface area contributed by atoms with Gasteiger partial charge in [0.1, 0.15) is 0 Å². The molecule has 2 nitrogen and oxygen atoms in total. The lowest BCUT2D eigenvalue weighted by molar-refractivity contribution is 0.116. The lowest BCUT2D eigenvalue weighted by Crippen LogP contribution is -2.26. The van der Waals surface area contributed by atoms with Gasteiger partial charge >= 0.3 is 0 Å². The molecule has 3 heteroatoms. The van der Waals surface area contributed by atoms with Crippen LogP contribution in [0.5, 0.6) is 5.75 Å². The van der Waals surface area contributed by atoms with E-state index in [1.54, 1.807) is 6.07 Å². The fourth-order valence-corrected chi connectivity index (χ4v) is 2.89. The van der Waals surface area contributed by atoms with Crippen LogP contribution in [-0.4, -0.2) is 6.10 Å². The highest BCUT2D eigenvalue weighted by Gasteiger charge is 2.24. The minimum absolute atomic E-state index is 0.132. The summed E-state index contributed by atoms with van der Waals surface area (Å²) in [6.07, 6.45) is 5.80. The Morgan fingerprint density at radius 3 is 2.89 bits per heavy atom. The third-order valence-electron chi connectivity index (χ3n) is 4.08. The second-order valence-electron chi connectivity index (χ2n) is 5.63. The van der Waals surface area contributed by atoms with Gasteiger partial charge < -0.3 is 10.5 Å². The van der Waals surface area contributed by atoms with Gasteiger partial charge in [0.2, 0.25) is 0 Å². The van der Waals surface area contributed by atoms with E-state index in [1.165, 1.54) is 25.3 Å². The zero-order chi connectivity index (χ0) is 13.8. The number of hydrogen-bond acceptors (Lipinski definition) is 2. The molecule has 106 valence electrons. The number of hydrogen-bond donors (Lipinski definition) is 1. The summed E-state index contributed by atoms with van der Waals surface area (Å²) in [5.41, 5.74) is 6.66. The van der Waals surface area contributed by atoms with Crippen LogP contribution in [0.2, 0.25) is 0 Å². The maximum Gasteiger partial charge on any atom is 0.165 e. The summed E-state index contributed by atoms with van der Waals surface area (Å²) in [5, 5.41) is 0. The van der Waals surface area contributed by atoms with Crippen molar-refractivity contribution in [3.05, 3.63) is 29.6 Å². The van der Waals surface area contributed by atoms with Crippen LogP contribution in [0.15, 0.2) is 18.2 Å². The highest BCUT2D eigenvalue weighted by Crippen LogP contribution is 2.33. The van der Waals surface area contributed by atoms with E-state index in [4.69, 9.17) is 10.5 Å². The average molecular weight is 265 g/mol. The van der Waals surface area contributed by atoms with Crippen LogP contribution in [0.1, 0.15) is 57.6 Å². The highest BCUT2D eigenvalue weighted by molar-refractivity contribution is 5.37. The Bertz CT molecular complexity index is 419. The van der Waals surface area contributed by atoms with Crippen LogP contribution in [0.3, 0.4) is 0 Å². The second-order valence-corrected chi connectivity index (χ2v) is 5.63. The van der Waals surface area contributed by atoms with Crippen LogP contribution in [-0.2, 0) is 0 Å². The summed E-state index contributed by atoms with van der Waals surface area (Å²) in [6, 6.07) is 4.78. The van der Waals surface area contributed by atoms with Crippen LogP contribution >= 0.6 is 0 Å². The molecular weight excluding hydrogens is 241 g/mol. The molecule has 1 aromatic carbocycles. The molecule has 0 amide bonds. The molecule has 0 spiro atoms. The van der Waals surface area contributed by atoms with E-state index in [0.29, 0.717) is 11.7 Å². The van der Waals surface area contributed by atoms with Gasteiger partial charge in [-0.05, 0) is 38.2 Å². The van der Waals surface area contributed by atoms with Crippen molar-refractivity contribution in [2.24, 2.45) is 11.7 Å². The molecule has 0 radical (unpaired) electrons. The summed E-state index contributed by atoms with van der Waals surface area (Å²) < 4.78 is 19.9. The lowest BCUT2D eigenvalue weighted by Gasteiger charge is -2.30. The van der Waals surface area contributed by atoms with E-state index in [2.05, 4.69) is 6.92 Å². The summed E-state index contributed by atoms with van der Waals surface area (Å²) in [7, 11) is 0. The van der Waals surface area contributed by atoms with Crippen LogP contribution in [0, 0.1) is 11.7 Å². The van der Waals surface area contributed by atoms with Crippen molar-refractivity contribution in [2.45, 2.75) is 58.1 Å². The Balaban J connectivity index is 2.14. The molecule has 0 aliphatic heterocycles. The number of rotatable bonds is 4. The molecule has 0 heterocycles. The van der Waals surface area contributed by atoms with E-state index in [9.17, 15) is 4.39 Å². The van der Waals surface area contributed by atoms with Crippen LogP contribution < -0.4 is 10.5 Å². The maximum absolute atomic E-state index is 14.0. The van der Waals surface area contributed by atoms with Crippen LogP contribution in [0.4, 0.5) is 4.39 Å². The number of ether oxygens (including phenoxy) is 1. The summed E-state index contributed by atoms with van der Waals surface area (Å²) in [5.74, 6) is 0.775. The number of benzene rings is 1. The summed E-state index contributed by atoms with van der Waals surface area (Å²) in [4.78, 5) is 0. The second kappa shape index (κ2) is 6.38. The van der Waals surface area contributed by atoms with E-state index >= 15 is 0 Å². The fraction of sp³-hybridized carbons (Fsp3) is 0.625. The number of nitrogens with two attached hydrogens (primary N) is 1. The van der Waals surface area contributed by atoms with Gasteiger partial charge in [-0.15, -0.1) is 0 Å². The van der Waals surface area contributed by atoms with Gasteiger partial charge in [0.25, 0.3) is 0 Å². The van der Waals surface area contributed by atoms with Gasteiger partial charge in [0.05, 0.1) is 6.10 Å². The average Bonchev–Trinajstić information content (AvgIpc) is 2.41. The third kappa shape index (κ3) is 3.47. The zero-order valence-electron chi connectivity index (χ0n) is 11.9. The molecule has 0 aromatic heterocycles. The molecule has 19 heavy (non-hydrogen) atoms. The van der Waals surface area contributed by atoms with Crippen molar-refractivity contribution >= 4 is 0 Å². The van der Waals surface area contributed by atoms with Crippen LogP contribution in [0.25, 0.3) is 0 Å². The topological polar surface area (TPSA) is 35.2 Å². The molecule has 1 aliphatic carbocycles. The standard InChI is InChI=1S/C16H24FNO/c1-3-12-6-4-7-13(10-12)19-16-14(11(2)18)8-5-9-15(16)17/h5,8-9,11-13H,3-4,6-7,10,18H2,1-2H3/t11-,12?,13?/m1/s1. The quantitative estimate of drug-likeness (QED) is 0.885. The van der Waals surface area contributed by atoms with Gasteiger partial charge in [0.15, 0.2) is 11.6 Å². The van der Waals surface area contributed by atoms with Crippen molar-refractivity contribution in [1.29, 1.82) is 0 Å². The van der Waals surface area contributed by atoms with E-state index < -0.39 is 0 Å². The van der Waals surface area contributed by atoms with Gasteiger partial charge in [-0.2, -0.15) is 0 Å². The normalized spacial score (nSPS) is 25.1. The van der Waals surface area contributed by atoms with E-state index in [-0.39, 0.29) is 18.0 Å². The lowest BCUT2D eigenvalue weighted by atomic mass is 9.85. The third-order valence-corrected chi connectivity index (χ3v) is 4.08. The molecule has 1 aromatic rings. The van der Waals surface area contributed by atoms with Gasteiger partial charge in [-0.3, -0.25) is 0 Å². The van der Waals surface area contributed by atoms with Crippen molar-refractivity contribution in [1.82, 2.24) is 0 Å². The first-order chi connectivity index (χ1) is 9.11. The van der Waals surface area contributed by atoms with Gasteiger partial charge in [0, 0.05) is 11.6 Å². The molecule has 0 bridgehead atoms. The molecule has 3 atom stereocenters. The molecule has 2 rings (SSSR count). The Kier molecular flexibility index (Phi) is 4.81. The highest BCUT2D eigenvalue weighted by atomic mass is 19.1.